The zero-order valence-electron chi connectivity index (χ0n) is 20.1. The van der Waals surface area contributed by atoms with Crippen LogP contribution in [0.15, 0.2) is 65.7 Å². The number of carbonyl (C=O) groups excluding carboxylic acids is 4. The number of nitrogens with two attached hydrogens (primary N) is 1. The summed E-state index contributed by atoms with van der Waals surface area (Å²) in [5.41, 5.74) is 6.17. The number of thiophene rings is 1. The first-order valence-electron chi connectivity index (χ1n) is 11.0. The molecule has 2 heterocycles. The van der Waals surface area contributed by atoms with E-state index in [2.05, 4.69) is 20.4 Å². The highest BCUT2D eigenvalue weighted by atomic mass is 32.2. The molecular formula is C23H20F3N5O7S2. The van der Waals surface area contributed by atoms with Crippen molar-refractivity contribution in [1.29, 1.82) is 0 Å². The van der Waals surface area contributed by atoms with Gasteiger partial charge in [-0.1, -0.05) is 24.3 Å². The summed E-state index contributed by atoms with van der Waals surface area (Å²) >= 11 is 0.753. The summed E-state index contributed by atoms with van der Waals surface area (Å²) in [4.78, 5) is 52.1. The molecule has 1 unspecified atom stereocenters. The van der Waals surface area contributed by atoms with E-state index in [1.807, 2.05) is 4.72 Å². The number of carbonyl (C=O) groups is 4. The fourth-order valence-electron chi connectivity index (χ4n) is 2.92. The number of ether oxygens (including phenoxy) is 1. The van der Waals surface area contributed by atoms with Crippen molar-refractivity contribution >= 4 is 50.9 Å². The number of halogens is 3. The summed E-state index contributed by atoms with van der Waals surface area (Å²) in [5.74, 6) is -5.87. The number of pyridine rings is 1. The topological polar surface area (TPSA) is 187 Å². The average molecular weight is 600 g/mol. The summed E-state index contributed by atoms with van der Waals surface area (Å²) in [6.07, 6.45) is -4.06. The smallest absolute Gasteiger partial charge is 0.385 e. The molecule has 0 aliphatic carbocycles. The third kappa shape index (κ3) is 8.32. The number of nitrogen functional groups attached to an aromatic ring is 1. The molecule has 0 aliphatic heterocycles. The third-order valence-electron chi connectivity index (χ3n) is 4.88. The Labute approximate surface area is 228 Å². The second-order valence-electron chi connectivity index (χ2n) is 7.84. The van der Waals surface area contributed by atoms with E-state index < -0.39 is 52.5 Å². The van der Waals surface area contributed by atoms with Gasteiger partial charge in [0.2, 0.25) is 10.0 Å². The lowest BCUT2D eigenvalue weighted by molar-refractivity contribution is -0.202. The Morgan fingerprint density at radius 3 is 2.15 bits per heavy atom. The molecule has 0 spiro atoms. The Balaban J connectivity index is 1.67. The van der Waals surface area contributed by atoms with Gasteiger partial charge in [0, 0.05) is 19.3 Å². The van der Waals surface area contributed by atoms with Gasteiger partial charge in [-0.3, -0.25) is 9.59 Å². The van der Waals surface area contributed by atoms with Gasteiger partial charge >= 0.3 is 18.1 Å². The Kier molecular flexibility index (Phi) is 9.56. The monoisotopic (exact) mass is 599 g/mol. The van der Waals surface area contributed by atoms with Gasteiger partial charge in [-0.25, -0.2) is 23.0 Å². The zero-order chi connectivity index (χ0) is 29.5. The van der Waals surface area contributed by atoms with Crippen molar-refractivity contribution in [2.24, 2.45) is 0 Å². The Hall–Kier alpha value is -4.35. The van der Waals surface area contributed by atoms with Crippen LogP contribution in [-0.4, -0.2) is 55.9 Å². The number of esters is 2. The number of benzene rings is 1. The van der Waals surface area contributed by atoms with E-state index in [0.29, 0.717) is 11.4 Å². The van der Waals surface area contributed by atoms with E-state index in [1.54, 1.807) is 12.1 Å². The van der Waals surface area contributed by atoms with Gasteiger partial charge in [-0.05, 0) is 35.9 Å². The maximum atomic E-state index is 12.6. The van der Waals surface area contributed by atoms with Crippen molar-refractivity contribution < 1.29 is 45.5 Å². The van der Waals surface area contributed by atoms with Crippen molar-refractivity contribution in [3.63, 3.8) is 0 Å². The Bertz CT molecular complexity index is 1500. The number of amides is 2. The average Bonchev–Trinajstić information content (AvgIpc) is 3.41. The number of aromatic nitrogens is 1. The van der Waals surface area contributed by atoms with Gasteiger partial charge in [0.15, 0.2) is 0 Å². The number of nitrogens with one attached hydrogen (secondary N) is 3. The molecule has 212 valence electrons. The van der Waals surface area contributed by atoms with Crippen LogP contribution < -0.4 is 21.1 Å². The molecular weight excluding hydrogens is 579 g/mol. The van der Waals surface area contributed by atoms with Crippen LogP contribution in [-0.2, 0) is 30.9 Å². The van der Waals surface area contributed by atoms with Crippen LogP contribution in [0.2, 0.25) is 0 Å². The predicted molar refractivity (Wildman–Crippen MR) is 134 cm³/mol. The van der Waals surface area contributed by atoms with E-state index in [4.69, 9.17) is 5.73 Å². The highest BCUT2D eigenvalue weighted by Crippen LogP contribution is 2.18. The van der Waals surface area contributed by atoms with E-state index >= 15 is 0 Å². The molecule has 1 atom stereocenters. The summed E-state index contributed by atoms with van der Waals surface area (Å²) < 4.78 is 68.5. The lowest BCUT2D eigenvalue weighted by Gasteiger charge is -2.18. The molecule has 12 nitrogen and oxygen atoms in total. The SMILES string of the molecule is Nc1ccc(CNC(=O)c2ccc(C(=O)NCC(NS(=O)(=O)c3ccccc3)C(=O)OC(=O)C(F)(F)F)s2)cn1. The Morgan fingerprint density at radius 2 is 1.57 bits per heavy atom. The quantitative estimate of drug-likeness (QED) is 0.197. The van der Waals surface area contributed by atoms with Crippen molar-refractivity contribution in [3.8, 4) is 0 Å². The van der Waals surface area contributed by atoms with Gasteiger partial charge in [0.1, 0.15) is 11.9 Å². The predicted octanol–water partition coefficient (Wildman–Crippen LogP) is 1.36. The molecule has 0 saturated heterocycles. The zero-order valence-corrected chi connectivity index (χ0v) is 21.7. The van der Waals surface area contributed by atoms with Crippen LogP contribution in [0.4, 0.5) is 19.0 Å². The van der Waals surface area contributed by atoms with Gasteiger partial charge in [0.05, 0.1) is 14.6 Å². The molecule has 5 N–H and O–H groups in total. The molecule has 1 aromatic carbocycles. The first-order valence-corrected chi connectivity index (χ1v) is 13.3. The van der Waals surface area contributed by atoms with E-state index in [-0.39, 0.29) is 21.2 Å². The van der Waals surface area contributed by atoms with Crippen LogP contribution in [0, 0.1) is 0 Å². The standard InChI is InChI=1S/C23H20F3N5O7S2/c24-23(25,26)22(35)38-21(34)15(31-40(36,37)14-4-2-1-3-5-14)12-30-20(33)17-8-7-16(39-17)19(32)29-11-13-6-9-18(27)28-10-13/h1-10,15,31H,11-12H2,(H2,27,28)(H,29,32)(H,30,33). The van der Waals surface area contributed by atoms with Gasteiger partial charge < -0.3 is 21.1 Å². The summed E-state index contributed by atoms with van der Waals surface area (Å²) in [5, 5.41) is 4.80. The normalized spacial score (nSPS) is 12.3. The lowest BCUT2D eigenvalue weighted by Crippen LogP contribution is -2.50. The van der Waals surface area contributed by atoms with Crippen molar-refractivity contribution in [2.75, 3.05) is 12.3 Å². The maximum absolute atomic E-state index is 12.6. The van der Waals surface area contributed by atoms with Crippen molar-refractivity contribution in [1.82, 2.24) is 20.3 Å². The minimum atomic E-state index is -5.53. The fraction of sp³-hybridized carbons (Fsp3) is 0.174. The molecule has 0 radical (unpaired) electrons. The molecule has 17 heteroatoms. The number of anilines is 1. The molecule has 0 bridgehead atoms. The number of nitrogens with zero attached hydrogens (tertiary/aromatic N) is 1. The van der Waals surface area contributed by atoms with Crippen LogP contribution in [0.1, 0.15) is 24.9 Å². The molecule has 2 aromatic heterocycles. The second-order valence-corrected chi connectivity index (χ2v) is 10.6. The Morgan fingerprint density at radius 1 is 0.950 bits per heavy atom. The van der Waals surface area contributed by atoms with Gasteiger partial charge in [-0.15, -0.1) is 11.3 Å². The van der Waals surface area contributed by atoms with E-state index in [0.717, 1.165) is 23.5 Å². The summed E-state index contributed by atoms with van der Waals surface area (Å²) in [7, 11) is -4.48. The number of rotatable bonds is 10. The molecule has 3 rings (SSSR count). The molecule has 40 heavy (non-hydrogen) atoms. The highest BCUT2D eigenvalue weighted by molar-refractivity contribution is 7.89. The van der Waals surface area contributed by atoms with Gasteiger partial charge in [-0.2, -0.15) is 17.9 Å². The minimum absolute atomic E-state index is 0.0382. The lowest BCUT2D eigenvalue weighted by atomic mass is 10.3. The van der Waals surface area contributed by atoms with E-state index in [1.165, 1.54) is 36.5 Å². The highest BCUT2D eigenvalue weighted by Gasteiger charge is 2.44. The summed E-state index contributed by atoms with van der Waals surface area (Å²) in [6, 6.07) is 10.2. The van der Waals surface area contributed by atoms with Crippen LogP contribution in [0.5, 0.6) is 0 Å². The molecule has 3 aromatic rings. The molecule has 2 amide bonds. The number of hydrogen-bond donors (Lipinski definition) is 4. The summed E-state index contributed by atoms with van der Waals surface area (Å²) in [6.45, 7) is -0.772. The van der Waals surface area contributed by atoms with Crippen LogP contribution >= 0.6 is 11.3 Å². The third-order valence-corrected chi connectivity index (χ3v) is 7.45. The number of sulfonamides is 1. The fourth-order valence-corrected chi connectivity index (χ4v) is 4.97. The first kappa shape index (κ1) is 30.2. The molecule has 0 saturated carbocycles. The maximum Gasteiger partial charge on any atom is 0.491 e. The molecule has 0 fully saturated rings. The van der Waals surface area contributed by atoms with Crippen molar-refractivity contribution in [3.05, 3.63) is 76.1 Å². The second kappa shape index (κ2) is 12.7. The molecule has 0 aliphatic rings. The number of hydrogen-bond acceptors (Lipinski definition) is 10. The largest absolute Gasteiger partial charge is 0.491 e. The first-order chi connectivity index (χ1) is 18.8. The van der Waals surface area contributed by atoms with Crippen molar-refractivity contribution in [2.45, 2.75) is 23.7 Å². The van der Waals surface area contributed by atoms with Crippen LogP contribution in [0.25, 0.3) is 0 Å². The minimum Gasteiger partial charge on any atom is -0.385 e. The van der Waals surface area contributed by atoms with Gasteiger partial charge in [0.25, 0.3) is 11.8 Å². The number of alkyl halides is 3. The van der Waals surface area contributed by atoms with Crippen LogP contribution in [0.3, 0.4) is 0 Å². The van der Waals surface area contributed by atoms with E-state index in [9.17, 15) is 40.8 Å².